The van der Waals surface area contributed by atoms with Gasteiger partial charge in [0.1, 0.15) is 0 Å². The Balaban J connectivity index is 1.46. The maximum Gasteiger partial charge on any atom is 0.264 e. The number of hydrogen-bond acceptors (Lipinski definition) is 3. The van der Waals surface area contributed by atoms with Crippen molar-refractivity contribution in [3.8, 4) is 0 Å². The van der Waals surface area contributed by atoms with Crippen LogP contribution in [0, 0.1) is 5.92 Å². The van der Waals surface area contributed by atoms with Crippen molar-refractivity contribution in [1.82, 2.24) is 4.90 Å². The number of carbonyl (C=O) groups excluding carboxylic acids is 1. The summed E-state index contributed by atoms with van der Waals surface area (Å²) in [4.78, 5) is 15.7. The van der Waals surface area contributed by atoms with Crippen LogP contribution in [0.15, 0.2) is 53.4 Å². The van der Waals surface area contributed by atoms with Crippen LogP contribution < -0.4 is 4.31 Å². The number of hydrogen-bond donors (Lipinski definition) is 0. The van der Waals surface area contributed by atoms with Gasteiger partial charge in [0.2, 0.25) is 0 Å². The van der Waals surface area contributed by atoms with E-state index in [0.29, 0.717) is 24.1 Å². The maximum atomic E-state index is 13.5. The van der Waals surface area contributed by atoms with E-state index in [1.807, 2.05) is 29.2 Å². The minimum absolute atomic E-state index is 0.0296. The molecule has 2 fully saturated rings. The van der Waals surface area contributed by atoms with Gasteiger partial charge in [-0.2, -0.15) is 0 Å². The van der Waals surface area contributed by atoms with E-state index in [0.717, 1.165) is 36.9 Å². The number of carbonyl (C=O) groups is 1. The summed E-state index contributed by atoms with van der Waals surface area (Å²) in [5, 5.41) is 0. The largest absolute Gasteiger partial charge is 0.333 e. The third kappa shape index (κ3) is 3.55. The summed E-state index contributed by atoms with van der Waals surface area (Å²) in [6, 6.07) is 14.8. The maximum absolute atomic E-state index is 13.5. The number of aryl methyl sites for hydroxylation is 1. The zero-order valence-corrected chi connectivity index (χ0v) is 18.9. The van der Waals surface area contributed by atoms with Crippen LogP contribution in [-0.2, 0) is 16.4 Å². The minimum Gasteiger partial charge on any atom is -0.333 e. The molecule has 0 radical (unpaired) electrons. The first-order valence-electron chi connectivity index (χ1n) is 11.5. The van der Waals surface area contributed by atoms with Crippen molar-refractivity contribution in [2.75, 3.05) is 10.8 Å². The Labute approximate surface area is 185 Å². The zero-order chi connectivity index (χ0) is 21.6. The van der Waals surface area contributed by atoms with Gasteiger partial charge in [0, 0.05) is 24.2 Å². The second kappa shape index (κ2) is 7.97. The molecule has 1 saturated carbocycles. The number of likely N-dealkylation sites (tertiary alicyclic amines) is 1. The van der Waals surface area contributed by atoms with E-state index in [-0.39, 0.29) is 16.8 Å². The molecule has 2 aromatic rings. The molecule has 1 aliphatic carbocycles. The second-order valence-corrected chi connectivity index (χ2v) is 11.1. The van der Waals surface area contributed by atoms with Crippen LogP contribution in [0.3, 0.4) is 0 Å². The van der Waals surface area contributed by atoms with E-state index in [2.05, 4.69) is 6.92 Å². The molecule has 3 atom stereocenters. The van der Waals surface area contributed by atoms with Gasteiger partial charge in [-0.25, -0.2) is 8.42 Å². The molecular weight excluding hydrogens is 408 g/mol. The smallest absolute Gasteiger partial charge is 0.264 e. The molecule has 164 valence electrons. The minimum atomic E-state index is -3.73. The van der Waals surface area contributed by atoms with Gasteiger partial charge in [-0.05, 0) is 74.8 Å². The topological polar surface area (TPSA) is 57.7 Å². The van der Waals surface area contributed by atoms with Crippen LogP contribution in [0.1, 0.15) is 61.4 Å². The lowest BCUT2D eigenvalue weighted by Crippen LogP contribution is -2.42. The van der Waals surface area contributed by atoms with E-state index in [1.54, 1.807) is 24.3 Å². The second-order valence-electron chi connectivity index (χ2n) is 9.25. The third-order valence-electron chi connectivity index (χ3n) is 7.32. The third-order valence-corrected chi connectivity index (χ3v) is 9.13. The molecule has 2 heterocycles. The van der Waals surface area contributed by atoms with Crippen molar-refractivity contribution in [3.63, 3.8) is 0 Å². The van der Waals surface area contributed by atoms with E-state index in [9.17, 15) is 13.2 Å². The zero-order valence-electron chi connectivity index (χ0n) is 18.0. The van der Waals surface area contributed by atoms with Gasteiger partial charge in [-0.15, -0.1) is 0 Å². The first kappa shape index (κ1) is 20.6. The van der Waals surface area contributed by atoms with Gasteiger partial charge in [0.05, 0.1) is 10.6 Å². The lowest BCUT2D eigenvalue weighted by atomic mass is 9.85. The normalized spacial score (nSPS) is 25.8. The molecule has 5 rings (SSSR count). The first-order chi connectivity index (χ1) is 15.0. The van der Waals surface area contributed by atoms with Crippen molar-refractivity contribution < 1.29 is 13.2 Å². The van der Waals surface area contributed by atoms with Crippen molar-refractivity contribution >= 4 is 21.6 Å². The molecule has 5 nitrogen and oxygen atoms in total. The SMILES string of the molecule is CC1CC2CCCCC2N1C(=O)c1cccc(S(=O)(=O)N2CCCc3ccccc32)c1. The highest BCUT2D eigenvalue weighted by atomic mass is 32.2. The van der Waals surface area contributed by atoms with Gasteiger partial charge < -0.3 is 4.90 Å². The highest BCUT2D eigenvalue weighted by Gasteiger charge is 2.42. The van der Waals surface area contributed by atoms with Crippen molar-refractivity contribution in [1.29, 1.82) is 0 Å². The fraction of sp³-hybridized carbons (Fsp3) is 0.480. The number of sulfonamides is 1. The first-order valence-corrected chi connectivity index (χ1v) is 12.9. The Morgan fingerprint density at radius 2 is 1.81 bits per heavy atom. The van der Waals surface area contributed by atoms with Gasteiger partial charge in [-0.1, -0.05) is 37.1 Å². The number of para-hydroxylation sites is 1. The van der Waals surface area contributed by atoms with Crippen molar-refractivity contribution in [2.45, 2.75) is 68.8 Å². The fourth-order valence-corrected chi connectivity index (χ4v) is 7.46. The summed E-state index contributed by atoms with van der Waals surface area (Å²) in [5.74, 6) is 0.558. The lowest BCUT2D eigenvalue weighted by Gasteiger charge is -2.33. The van der Waals surface area contributed by atoms with E-state index >= 15 is 0 Å². The summed E-state index contributed by atoms with van der Waals surface area (Å²) in [7, 11) is -3.73. The van der Waals surface area contributed by atoms with E-state index in [4.69, 9.17) is 0 Å². The van der Waals surface area contributed by atoms with Gasteiger partial charge in [-0.3, -0.25) is 9.10 Å². The van der Waals surface area contributed by atoms with Crippen LogP contribution >= 0.6 is 0 Å². The average Bonchev–Trinajstić information content (AvgIpc) is 3.14. The summed E-state index contributed by atoms with van der Waals surface area (Å²) in [5.41, 5.74) is 2.28. The monoisotopic (exact) mass is 438 g/mol. The number of amides is 1. The molecule has 2 aliphatic heterocycles. The summed E-state index contributed by atoms with van der Waals surface area (Å²) >= 11 is 0. The fourth-order valence-electron chi connectivity index (χ4n) is 5.87. The lowest BCUT2D eigenvalue weighted by molar-refractivity contribution is 0.0633. The molecule has 1 saturated heterocycles. The Morgan fingerprint density at radius 1 is 1.00 bits per heavy atom. The number of anilines is 1. The molecular formula is C25H30N2O3S. The number of nitrogens with zero attached hydrogens (tertiary/aromatic N) is 2. The molecule has 3 aliphatic rings. The molecule has 3 unspecified atom stereocenters. The Hall–Kier alpha value is -2.34. The molecule has 0 N–H and O–H groups in total. The predicted octanol–water partition coefficient (Wildman–Crippen LogP) is 4.62. The van der Waals surface area contributed by atoms with Crippen molar-refractivity contribution in [3.05, 3.63) is 59.7 Å². The molecule has 0 spiro atoms. The summed E-state index contributed by atoms with van der Waals surface area (Å²) in [6.45, 7) is 2.59. The Morgan fingerprint density at radius 3 is 2.68 bits per heavy atom. The van der Waals surface area contributed by atoms with E-state index in [1.165, 1.54) is 23.6 Å². The Bertz CT molecular complexity index is 1100. The highest BCUT2D eigenvalue weighted by molar-refractivity contribution is 7.92. The number of rotatable bonds is 3. The van der Waals surface area contributed by atoms with Crippen LogP contribution in [-0.4, -0.2) is 37.9 Å². The summed E-state index contributed by atoms with van der Waals surface area (Å²) in [6.07, 6.45) is 7.41. The molecule has 0 bridgehead atoms. The number of benzene rings is 2. The molecule has 31 heavy (non-hydrogen) atoms. The molecule has 0 aromatic heterocycles. The van der Waals surface area contributed by atoms with E-state index < -0.39 is 10.0 Å². The molecule has 2 aromatic carbocycles. The van der Waals surface area contributed by atoms with Crippen LogP contribution in [0.2, 0.25) is 0 Å². The van der Waals surface area contributed by atoms with Gasteiger partial charge in [0.15, 0.2) is 0 Å². The average molecular weight is 439 g/mol. The van der Waals surface area contributed by atoms with Crippen LogP contribution in [0.25, 0.3) is 0 Å². The molecule has 1 amide bonds. The predicted molar refractivity (Wildman–Crippen MR) is 122 cm³/mol. The standard InChI is InChI=1S/C25H30N2O3S/c1-18-16-20-9-3-5-14-24(20)27(18)25(28)21-10-6-12-22(17-21)31(29,30)26-15-7-11-19-8-2-4-13-23(19)26/h2,4,6,8,10,12-13,17-18,20,24H,3,5,7,9,11,14-16H2,1H3. The quantitative estimate of drug-likeness (QED) is 0.703. The summed E-state index contributed by atoms with van der Waals surface area (Å²) < 4.78 is 28.6. The van der Waals surface area contributed by atoms with Gasteiger partial charge in [0.25, 0.3) is 15.9 Å². The van der Waals surface area contributed by atoms with Crippen molar-refractivity contribution in [2.24, 2.45) is 5.92 Å². The Kier molecular flexibility index (Phi) is 5.29. The molecule has 6 heteroatoms. The highest BCUT2D eigenvalue weighted by Crippen LogP contribution is 2.40. The number of fused-ring (bicyclic) bond motifs is 2. The van der Waals surface area contributed by atoms with Gasteiger partial charge >= 0.3 is 0 Å². The van der Waals surface area contributed by atoms with Crippen LogP contribution in [0.5, 0.6) is 0 Å². The van der Waals surface area contributed by atoms with Crippen LogP contribution in [0.4, 0.5) is 5.69 Å².